The van der Waals surface area contributed by atoms with Crippen LogP contribution >= 0.6 is 0 Å². The van der Waals surface area contributed by atoms with Gasteiger partial charge in [-0.2, -0.15) is 0 Å². The van der Waals surface area contributed by atoms with E-state index in [9.17, 15) is 4.79 Å². The first-order valence-electron chi connectivity index (χ1n) is 12.1. The molecule has 3 heterocycles. The molecule has 4 aromatic rings. The fourth-order valence-corrected chi connectivity index (χ4v) is 4.64. The summed E-state index contributed by atoms with van der Waals surface area (Å²) in [6.07, 6.45) is 1.43. The summed E-state index contributed by atoms with van der Waals surface area (Å²) >= 11 is 0. The summed E-state index contributed by atoms with van der Waals surface area (Å²) in [5.74, 6) is 2.55. The number of carbonyl (C=O) groups is 1. The van der Waals surface area contributed by atoms with E-state index >= 15 is 0 Å². The number of hydrogen-bond donors (Lipinski definition) is 0. The van der Waals surface area contributed by atoms with Gasteiger partial charge >= 0.3 is 0 Å². The van der Waals surface area contributed by atoms with Crippen molar-refractivity contribution in [1.29, 1.82) is 0 Å². The van der Waals surface area contributed by atoms with Crippen LogP contribution in [0.4, 0.5) is 5.95 Å². The molecule has 0 saturated carbocycles. The summed E-state index contributed by atoms with van der Waals surface area (Å²) in [5.41, 5.74) is 2.58. The number of benzene rings is 2. The fraction of sp³-hybridized carbons (Fsp3) is 0.407. The Bertz CT molecular complexity index is 1360. The van der Waals surface area contributed by atoms with Crippen molar-refractivity contribution in [1.82, 2.24) is 24.5 Å². The van der Waals surface area contributed by atoms with Gasteiger partial charge in [0, 0.05) is 43.5 Å². The molecule has 0 radical (unpaired) electrons. The molecule has 2 aromatic heterocycles. The van der Waals surface area contributed by atoms with Crippen LogP contribution in [0.5, 0.6) is 5.75 Å². The molecule has 5 rings (SSSR count). The third-order valence-electron chi connectivity index (χ3n) is 6.39. The Balaban J connectivity index is 1.55. The van der Waals surface area contributed by atoms with Gasteiger partial charge in [-0.3, -0.25) is 4.79 Å². The number of rotatable bonds is 4. The van der Waals surface area contributed by atoms with Crippen molar-refractivity contribution < 1.29 is 9.53 Å². The maximum absolute atomic E-state index is 12.9. The van der Waals surface area contributed by atoms with E-state index in [2.05, 4.69) is 40.3 Å². The molecule has 0 N–H and O–H groups in total. The van der Waals surface area contributed by atoms with E-state index in [0.29, 0.717) is 19.5 Å². The molecule has 182 valence electrons. The molecule has 8 nitrogen and oxygen atoms in total. The molecule has 0 unspecified atom stereocenters. The van der Waals surface area contributed by atoms with Crippen LogP contribution < -0.4 is 9.64 Å². The first kappa shape index (κ1) is 23.1. The van der Waals surface area contributed by atoms with Crippen molar-refractivity contribution in [2.75, 3.05) is 38.2 Å². The average molecular weight is 473 g/mol. The molecular formula is C27H32N6O2. The zero-order chi connectivity index (χ0) is 24.6. The second-order valence-corrected chi connectivity index (χ2v) is 10.3. The summed E-state index contributed by atoms with van der Waals surface area (Å²) < 4.78 is 7.38. The average Bonchev–Trinajstić information content (AvgIpc) is 3.13. The van der Waals surface area contributed by atoms with Crippen molar-refractivity contribution in [2.45, 2.75) is 33.6 Å². The lowest BCUT2D eigenvalue weighted by Crippen LogP contribution is -2.37. The van der Waals surface area contributed by atoms with Gasteiger partial charge in [-0.15, -0.1) is 10.2 Å². The molecule has 1 saturated heterocycles. The molecule has 2 aromatic carbocycles. The molecular weight excluding hydrogens is 440 g/mol. The largest absolute Gasteiger partial charge is 0.497 e. The van der Waals surface area contributed by atoms with E-state index in [1.807, 2.05) is 53.4 Å². The third kappa shape index (κ3) is 4.65. The molecule has 0 bridgehead atoms. The fourth-order valence-electron chi connectivity index (χ4n) is 4.64. The van der Waals surface area contributed by atoms with Gasteiger partial charge in [-0.25, -0.2) is 9.38 Å². The van der Waals surface area contributed by atoms with Crippen LogP contribution in [0, 0.1) is 5.41 Å². The Hall–Kier alpha value is -3.68. The Kier molecular flexibility index (Phi) is 6.05. The van der Waals surface area contributed by atoms with Gasteiger partial charge in [0.1, 0.15) is 5.75 Å². The van der Waals surface area contributed by atoms with Crippen LogP contribution in [0.25, 0.3) is 27.9 Å². The van der Waals surface area contributed by atoms with Crippen molar-refractivity contribution in [3.05, 3.63) is 48.5 Å². The molecule has 1 amide bonds. The zero-order valence-corrected chi connectivity index (χ0v) is 20.9. The van der Waals surface area contributed by atoms with Gasteiger partial charge in [-0.05, 0) is 48.2 Å². The monoisotopic (exact) mass is 472 g/mol. The Morgan fingerprint density at radius 3 is 2.49 bits per heavy atom. The highest BCUT2D eigenvalue weighted by Gasteiger charge is 2.26. The normalized spacial score (nSPS) is 15.0. The quantitative estimate of drug-likeness (QED) is 0.437. The maximum atomic E-state index is 12.9. The van der Waals surface area contributed by atoms with E-state index in [-0.39, 0.29) is 11.3 Å². The number of hydrogen-bond acceptors (Lipinski definition) is 6. The Morgan fingerprint density at radius 1 is 0.971 bits per heavy atom. The highest BCUT2D eigenvalue weighted by Crippen LogP contribution is 2.30. The van der Waals surface area contributed by atoms with Crippen LogP contribution in [0.15, 0.2) is 48.5 Å². The molecule has 0 atom stereocenters. The molecule has 1 aliphatic rings. The van der Waals surface area contributed by atoms with Crippen LogP contribution in [0.2, 0.25) is 0 Å². The second-order valence-electron chi connectivity index (χ2n) is 10.3. The number of carbonyl (C=O) groups excluding carboxylic acids is 1. The van der Waals surface area contributed by atoms with Crippen LogP contribution in [0.3, 0.4) is 0 Å². The van der Waals surface area contributed by atoms with Crippen molar-refractivity contribution in [2.24, 2.45) is 5.41 Å². The summed E-state index contributed by atoms with van der Waals surface area (Å²) in [6.45, 7) is 9.27. The Labute approximate surface area is 205 Å². The molecule has 0 aliphatic carbocycles. The number of anilines is 1. The van der Waals surface area contributed by atoms with Crippen LogP contribution in [-0.4, -0.2) is 63.7 Å². The number of amides is 1. The number of aromatic nitrogens is 4. The van der Waals surface area contributed by atoms with Crippen molar-refractivity contribution in [3.63, 3.8) is 0 Å². The molecule has 0 spiro atoms. The van der Waals surface area contributed by atoms with Gasteiger partial charge in [0.05, 0.1) is 12.6 Å². The summed E-state index contributed by atoms with van der Waals surface area (Å²) in [4.78, 5) is 22.2. The minimum absolute atomic E-state index is 0.0229. The van der Waals surface area contributed by atoms with Crippen LogP contribution in [-0.2, 0) is 4.79 Å². The predicted molar refractivity (Wildman–Crippen MR) is 138 cm³/mol. The number of fused-ring (bicyclic) bond motifs is 3. The summed E-state index contributed by atoms with van der Waals surface area (Å²) in [7, 11) is 1.66. The minimum Gasteiger partial charge on any atom is -0.497 e. The number of methoxy groups -OCH3 is 1. The highest BCUT2D eigenvalue weighted by molar-refractivity contribution is 5.93. The van der Waals surface area contributed by atoms with Crippen LogP contribution in [0.1, 0.15) is 33.6 Å². The third-order valence-corrected chi connectivity index (χ3v) is 6.39. The second kappa shape index (κ2) is 9.17. The molecule has 35 heavy (non-hydrogen) atoms. The zero-order valence-electron chi connectivity index (χ0n) is 20.9. The minimum atomic E-state index is -0.0229. The number of ether oxygens (including phenoxy) is 1. The van der Waals surface area contributed by atoms with E-state index in [0.717, 1.165) is 59.1 Å². The number of nitrogens with zero attached hydrogens (tertiary/aromatic N) is 6. The summed E-state index contributed by atoms with van der Waals surface area (Å²) in [6, 6.07) is 15.9. The van der Waals surface area contributed by atoms with Gasteiger partial charge < -0.3 is 14.5 Å². The SMILES string of the molecule is COc1ccc(-c2nnc3c4ccccc4nc(N4CCCN(C(=O)CC(C)(C)C)CC4)n23)cc1. The van der Waals surface area contributed by atoms with Gasteiger partial charge in [0.2, 0.25) is 11.9 Å². The predicted octanol–water partition coefficient (Wildman–Crippen LogP) is 4.43. The number of para-hydroxylation sites is 1. The summed E-state index contributed by atoms with van der Waals surface area (Å²) in [5, 5.41) is 10.1. The van der Waals surface area contributed by atoms with E-state index in [4.69, 9.17) is 9.72 Å². The first-order valence-corrected chi connectivity index (χ1v) is 12.1. The van der Waals surface area contributed by atoms with Gasteiger partial charge in [-0.1, -0.05) is 32.9 Å². The Morgan fingerprint density at radius 2 is 1.74 bits per heavy atom. The standard InChI is InChI=1S/C27H32N6O2/c1-27(2,3)18-23(34)31-14-7-15-32(17-16-31)26-28-22-9-6-5-8-21(22)25-30-29-24(33(25)26)19-10-12-20(35-4)13-11-19/h5-6,8-13H,7,14-18H2,1-4H3. The van der Waals surface area contributed by atoms with E-state index in [1.165, 1.54) is 0 Å². The lowest BCUT2D eigenvalue weighted by atomic mass is 9.91. The van der Waals surface area contributed by atoms with E-state index in [1.54, 1.807) is 7.11 Å². The lowest BCUT2D eigenvalue weighted by Gasteiger charge is -2.26. The molecule has 1 aliphatic heterocycles. The van der Waals surface area contributed by atoms with Crippen molar-refractivity contribution >= 4 is 28.4 Å². The topological polar surface area (TPSA) is 75.9 Å². The van der Waals surface area contributed by atoms with Gasteiger partial charge in [0.25, 0.3) is 0 Å². The van der Waals surface area contributed by atoms with E-state index < -0.39 is 0 Å². The van der Waals surface area contributed by atoms with Gasteiger partial charge in [0.15, 0.2) is 11.5 Å². The highest BCUT2D eigenvalue weighted by atomic mass is 16.5. The smallest absolute Gasteiger partial charge is 0.223 e. The first-order chi connectivity index (χ1) is 16.8. The molecule has 8 heteroatoms. The maximum Gasteiger partial charge on any atom is 0.223 e. The molecule has 1 fully saturated rings. The van der Waals surface area contributed by atoms with Crippen molar-refractivity contribution in [3.8, 4) is 17.1 Å². The lowest BCUT2D eigenvalue weighted by molar-refractivity contribution is -0.132.